The Bertz CT molecular complexity index is 1140. The second-order valence-electron chi connectivity index (χ2n) is 6.82. The number of unbranched alkanes of at least 4 members (excludes halogenated alkanes) is 1. The van der Waals surface area contributed by atoms with E-state index in [1.807, 2.05) is 12.1 Å². The van der Waals surface area contributed by atoms with E-state index in [0.717, 1.165) is 22.9 Å². The fourth-order valence-corrected chi connectivity index (χ4v) is 3.18. The SMILES string of the molecule is CCCCc1nc2ccc(Br)cc2c(=O)n1N=Cc1ccc(O[C@@H](C)C(=O)O)cc1. The van der Waals surface area contributed by atoms with Gasteiger partial charge in [-0.05, 0) is 61.4 Å². The van der Waals surface area contributed by atoms with Crippen molar-refractivity contribution >= 4 is 39.0 Å². The molecule has 156 valence electrons. The van der Waals surface area contributed by atoms with Gasteiger partial charge >= 0.3 is 5.97 Å². The van der Waals surface area contributed by atoms with Crippen molar-refractivity contribution in [3.63, 3.8) is 0 Å². The zero-order chi connectivity index (χ0) is 21.7. The number of hydrogen-bond acceptors (Lipinski definition) is 5. The van der Waals surface area contributed by atoms with Crippen molar-refractivity contribution < 1.29 is 14.6 Å². The molecule has 7 nitrogen and oxygen atoms in total. The summed E-state index contributed by atoms with van der Waals surface area (Å²) in [6.45, 7) is 3.55. The Morgan fingerprint density at radius 1 is 1.30 bits per heavy atom. The largest absolute Gasteiger partial charge is 0.479 e. The Labute approximate surface area is 182 Å². The number of carboxylic acids is 1. The van der Waals surface area contributed by atoms with Gasteiger partial charge in [-0.1, -0.05) is 29.3 Å². The molecule has 3 aromatic rings. The quantitative estimate of drug-likeness (QED) is 0.495. The number of nitrogens with zero attached hydrogens (tertiary/aromatic N) is 3. The van der Waals surface area contributed by atoms with Crippen LogP contribution in [0.5, 0.6) is 5.75 Å². The van der Waals surface area contributed by atoms with E-state index in [0.29, 0.717) is 28.9 Å². The molecule has 8 heteroatoms. The van der Waals surface area contributed by atoms with Gasteiger partial charge in [0, 0.05) is 10.9 Å². The van der Waals surface area contributed by atoms with Crippen LogP contribution in [0.4, 0.5) is 0 Å². The molecule has 0 unspecified atom stereocenters. The van der Waals surface area contributed by atoms with E-state index in [9.17, 15) is 9.59 Å². The van der Waals surface area contributed by atoms with Crippen LogP contribution >= 0.6 is 15.9 Å². The normalized spacial score (nSPS) is 12.4. The maximum Gasteiger partial charge on any atom is 0.344 e. The molecule has 0 fully saturated rings. The number of aromatic nitrogens is 2. The summed E-state index contributed by atoms with van der Waals surface area (Å²) in [5, 5.41) is 13.8. The predicted molar refractivity (Wildman–Crippen MR) is 119 cm³/mol. The van der Waals surface area contributed by atoms with Gasteiger partial charge in [-0.25, -0.2) is 9.78 Å². The lowest BCUT2D eigenvalue weighted by Crippen LogP contribution is -2.23. The maximum atomic E-state index is 13.0. The van der Waals surface area contributed by atoms with Gasteiger partial charge in [0.15, 0.2) is 6.10 Å². The first-order chi connectivity index (χ1) is 14.4. The van der Waals surface area contributed by atoms with Gasteiger partial charge in [0.05, 0.1) is 17.1 Å². The Kier molecular flexibility index (Phi) is 6.99. The highest BCUT2D eigenvalue weighted by atomic mass is 79.9. The molecule has 0 bridgehead atoms. The fraction of sp³-hybridized carbons (Fsp3) is 0.273. The summed E-state index contributed by atoms with van der Waals surface area (Å²) in [4.78, 5) is 28.6. The molecular weight excluding hydrogens is 450 g/mol. The minimum absolute atomic E-state index is 0.223. The molecule has 1 atom stereocenters. The predicted octanol–water partition coefficient (Wildman–Crippen LogP) is 4.24. The molecule has 3 rings (SSSR count). The van der Waals surface area contributed by atoms with Gasteiger partial charge in [0.25, 0.3) is 5.56 Å². The zero-order valence-electron chi connectivity index (χ0n) is 16.7. The highest BCUT2D eigenvalue weighted by Gasteiger charge is 2.12. The third-order valence-electron chi connectivity index (χ3n) is 4.49. The summed E-state index contributed by atoms with van der Waals surface area (Å²) >= 11 is 3.40. The minimum Gasteiger partial charge on any atom is -0.479 e. The summed E-state index contributed by atoms with van der Waals surface area (Å²) in [6, 6.07) is 12.2. The zero-order valence-corrected chi connectivity index (χ0v) is 18.3. The second-order valence-corrected chi connectivity index (χ2v) is 7.74. The maximum absolute atomic E-state index is 13.0. The lowest BCUT2D eigenvalue weighted by molar-refractivity contribution is -0.144. The Morgan fingerprint density at radius 3 is 2.70 bits per heavy atom. The molecule has 0 aliphatic heterocycles. The number of halogens is 1. The number of aliphatic carboxylic acids is 1. The summed E-state index contributed by atoms with van der Waals surface area (Å²) in [6.07, 6.45) is 3.17. The van der Waals surface area contributed by atoms with Crippen molar-refractivity contribution in [3.05, 3.63) is 68.7 Å². The summed E-state index contributed by atoms with van der Waals surface area (Å²) in [5.41, 5.74) is 1.17. The van der Waals surface area contributed by atoms with E-state index in [-0.39, 0.29) is 5.56 Å². The number of rotatable bonds is 8. The van der Waals surface area contributed by atoms with Crippen LogP contribution in [-0.4, -0.2) is 33.1 Å². The molecule has 0 spiro atoms. The Balaban J connectivity index is 1.93. The minimum atomic E-state index is -1.03. The summed E-state index contributed by atoms with van der Waals surface area (Å²) < 4.78 is 7.47. The van der Waals surface area contributed by atoms with E-state index in [4.69, 9.17) is 9.84 Å². The third kappa shape index (κ3) is 5.13. The summed E-state index contributed by atoms with van der Waals surface area (Å²) in [7, 11) is 0. The van der Waals surface area contributed by atoms with Crippen LogP contribution in [0.2, 0.25) is 0 Å². The van der Waals surface area contributed by atoms with Crippen LogP contribution in [0.1, 0.15) is 38.1 Å². The van der Waals surface area contributed by atoms with Crippen molar-refractivity contribution in [1.82, 2.24) is 9.66 Å². The van der Waals surface area contributed by atoms with Crippen molar-refractivity contribution in [3.8, 4) is 5.75 Å². The van der Waals surface area contributed by atoms with E-state index in [1.54, 1.807) is 36.5 Å². The van der Waals surface area contributed by atoms with Crippen LogP contribution < -0.4 is 10.3 Å². The van der Waals surface area contributed by atoms with Crippen LogP contribution in [0, 0.1) is 0 Å². The average Bonchev–Trinajstić information content (AvgIpc) is 2.73. The highest BCUT2D eigenvalue weighted by Crippen LogP contribution is 2.17. The van der Waals surface area contributed by atoms with E-state index in [1.165, 1.54) is 11.6 Å². The van der Waals surface area contributed by atoms with Gasteiger partial charge in [0.1, 0.15) is 11.6 Å². The Hall–Kier alpha value is -3.00. The first kappa shape index (κ1) is 21.7. The summed E-state index contributed by atoms with van der Waals surface area (Å²) in [5.74, 6) is 0.0262. The number of fused-ring (bicyclic) bond motifs is 1. The number of aryl methyl sites for hydroxylation is 1. The number of carbonyl (C=O) groups is 1. The van der Waals surface area contributed by atoms with Crippen LogP contribution in [-0.2, 0) is 11.2 Å². The lowest BCUT2D eigenvalue weighted by Gasteiger charge is -2.10. The number of carboxylic acid groups (broad SMARTS) is 1. The molecule has 0 saturated carbocycles. The van der Waals surface area contributed by atoms with Crippen molar-refractivity contribution in [2.75, 3.05) is 0 Å². The molecule has 0 radical (unpaired) electrons. The molecule has 30 heavy (non-hydrogen) atoms. The standard InChI is InChI=1S/C22H22BrN3O4/c1-3-4-5-20-25-19-11-8-16(23)12-18(19)21(27)26(20)24-13-15-6-9-17(10-7-15)30-14(2)22(28)29/h6-14H,3-5H2,1-2H3,(H,28,29)/t14-/m0/s1. The van der Waals surface area contributed by atoms with Crippen molar-refractivity contribution in [2.45, 2.75) is 39.2 Å². The molecule has 0 aliphatic carbocycles. The van der Waals surface area contributed by atoms with E-state index in [2.05, 4.69) is 32.9 Å². The Morgan fingerprint density at radius 2 is 2.03 bits per heavy atom. The second kappa shape index (κ2) is 9.67. The van der Waals surface area contributed by atoms with Gasteiger partial charge in [-0.15, -0.1) is 0 Å². The molecule has 2 aromatic carbocycles. The smallest absolute Gasteiger partial charge is 0.344 e. The van der Waals surface area contributed by atoms with Crippen LogP contribution in [0.3, 0.4) is 0 Å². The fourth-order valence-electron chi connectivity index (χ4n) is 2.82. The topological polar surface area (TPSA) is 93.8 Å². The van der Waals surface area contributed by atoms with Gasteiger partial charge in [0.2, 0.25) is 0 Å². The van der Waals surface area contributed by atoms with Gasteiger partial charge in [-0.2, -0.15) is 9.78 Å². The number of ether oxygens (including phenoxy) is 1. The number of hydrogen-bond donors (Lipinski definition) is 1. The van der Waals surface area contributed by atoms with Crippen LogP contribution in [0.25, 0.3) is 10.9 Å². The van der Waals surface area contributed by atoms with Crippen molar-refractivity contribution in [1.29, 1.82) is 0 Å². The number of benzene rings is 2. The lowest BCUT2D eigenvalue weighted by atomic mass is 10.2. The van der Waals surface area contributed by atoms with Crippen LogP contribution in [0.15, 0.2) is 56.8 Å². The third-order valence-corrected chi connectivity index (χ3v) is 4.99. The molecule has 1 aromatic heterocycles. The molecule has 1 N–H and O–H groups in total. The van der Waals surface area contributed by atoms with Crippen molar-refractivity contribution in [2.24, 2.45) is 5.10 Å². The molecule has 0 amide bonds. The first-order valence-electron chi connectivity index (χ1n) is 9.64. The molecule has 0 aliphatic rings. The van der Waals surface area contributed by atoms with E-state index >= 15 is 0 Å². The van der Waals surface area contributed by atoms with Gasteiger partial charge in [-0.3, -0.25) is 4.79 Å². The van der Waals surface area contributed by atoms with Gasteiger partial charge < -0.3 is 9.84 Å². The monoisotopic (exact) mass is 471 g/mol. The highest BCUT2D eigenvalue weighted by molar-refractivity contribution is 9.10. The van der Waals surface area contributed by atoms with E-state index < -0.39 is 12.1 Å². The average molecular weight is 472 g/mol. The molecule has 1 heterocycles. The molecule has 0 saturated heterocycles. The first-order valence-corrected chi connectivity index (χ1v) is 10.4. The molecular formula is C22H22BrN3O4.